The summed E-state index contributed by atoms with van der Waals surface area (Å²) in [5.74, 6) is 0.962. The zero-order valence-corrected chi connectivity index (χ0v) is 22.2. The third kappa shape index (κ3) is 6.93. The van der Waals surface area contributed by atoms with Crippen molar-refractivity contribution in [1.82, 2.24) is 10.2 Å². The lowest BCUT2D eigenvalue weighted by Gasteiger charge is -2.36. The SMILES string of the molecule is CCCC(CCC)CN1CCC(c2ccc(N(C=O)C3CCC(=O)NC3=O)c(C(C)CC)c2)CC1. The van der Waals surface area contributed by atoms with Crippen LogP contribution < -0.4 is 10.2 Å². The Hall–Kier alpha value is -2.21. The molecule has 0 bridgehead atoms. The Morgan fingerprint density at radius 3 is 2.34 bits per heavy atom. The number of carbonyl (C=O) groups is 3. The van der Waals surface area contributed by atoms with Crippen molar-refractivity contribution in [3.05, 3.63) is 29.3 Å². The molecule has 1 aromatic carbocycles. The summed E-state index contributed by atoms with van der Waals surface area (Å²) < 4.78 is 0. The van der Waals surface area contributed by atoms with E-state index in [1.165, 1.54) is 42.7 Å². The van der Waals surface area contributed by atoms with E-state index in [2.05, 4.69) is 50.0 Å². The molecule has 3 rings (SSSR count). The molecule has 194 valence electrons. The monoisotopic (exact) mass is 483 g/mol. The minimum atomic E-state index is -0.638. The van der Waals surface area contributed by atoms with Crippen molar-refractivity contribution in [2.24, 2.45) is 5.92 Å². The van der Waals surface area contributed by atoms with Gasteiger partial charge in [-0.3, -0.25) is 19.7 Å². The van der Waals surface area contributed by atoms with Crippen LogP contribution >= 0.6 is 0 Å². The van der Waals surface area contributed by atoms with Gasteiger partial charge in [-0.25, -0.2) is 0 Å². The molecule has 2 heterocycles. The highest BCUT2D eigenvalue weighted by atomic mass is 16.2. The largest absolute Gasteiger partial charge is 0.303 e. The first-order chi connectivity index (χ1) is 16.9. The van der Waals surface area contributed by atoms with Crippen molar-refractivity contribution >= 4 is 23.9 Å². The minimum Gasteiger partial charge on any atom is -0.303 e. The molecule has 2 unspecified atom stereocenters. The number of carbonyl (C=O) groups excluding carboxylic acids is 3. The number of hydrogen-bond acceptors (Lipinski definition) is 4. The van der Waals surface area contributed by atoms with Crippen LogP contribution in [-0.2, 0) is 14.4 Å². The second kappa shape index (κ2) is 13.2. The first kappa shape index (κ1) is 27.4. The average Bonchev–Trinajstić information content (AvgIpc) is 2.86. The number of anilines is 1. The van der Waals surface area contributed by atoms with Gasteiger partial charge >= 0.3 is 0 Å². The molecule has 6 heteroatoms. The maximum absolute atomic E-state index is 12.5. The summed E-state index contributed by atoms with van der Waals surface area (Å²) in [6, 6.07) is 5.82. The molecule has 0 aliphatic carbocycles. The van der Waals surface area contributed by atoms with Gasteiger partial charge < -0.3 is 9.80 Å². The molecule has 35 heavy (non-hydrogen) atoms. The molecule has 0 saturated carbocycles. The summed E-state index contributed by atoms with van der Waals surface area (Å²) in [5.41, 5.74) is 3.26. The fraction of sp³-hybridized carbons (Fsp3) is 0.690. The molecule has 3 amide bonds. The molecule has 0 spiro atoms. The van der Waals surface area contributed by atoms with Crippen molar-refractivity contribution in [3.8, 4) is 0 Å². The quantitative estimate of drug-likeness (QED) is 0.321. The fourth-order valence-electron chi connectivity index (χ4n) is 5.88. The van der Waals surface area contributed by atoms with Crippen molar-refractivity contribution < 1.29 is 14.4 Å². The molecule has 1 aromatic rings. The Kier molecular flexibility index (Phi) is 10.3. The van der Waals surface area contributed by atoms with Crippen LogP contribution in [0.5, 0.6) is 0 Å². The number of piperidine rings is 2. The lowest BCUT2D eigenvalue weighted by atomic mass is 9.85. The van der Waals surface area contributed by atoms with Crippen LogP contribution in [0.4, 0.5) is 5.69 Å². The van der Waals surface area contributed by atoms with Crippen LogP contribution in [0.1, 0.15) is 108 Å². The van der Waals surface area contributed by atoms with Gasteiger partial charge in [0.05, 0.1) is 0 Å². The summed E-state index contributed by atoms with van der Waals surface area (Å²) in [6.45, 7) is 12.4. The van der Waals surface area contributed by atoms with Gasteiger partial charge in [-0.15, -0.1) is 0 Å². The molecule has 1 N–H and O–H groups in total. The first-order valence-corrected chi connectivity index (χ1v) is 13.8. The lowest BCUT2D eigenvalue weighted by Crippen LogP contribution is -2.52. The number of imide groups is 1. The Labute approximate surface area is 211 Å². The van der Waals surface area contributed by atoms with Gasteiger partial charge in [-0.2, -0.15) is 0 Å². The highest BCUT2D eigenvalue weighted by Gasteiger charge is 2.33. The highest BCUT2D eigenvalue weighted by Crippen LogP contribution is 2.37. The summed E-state index contributed by atoms with van der Waals surface area (Å²) in [5, 5.41) is 2.39. The second-order valence-electron chi connectivity index (χ2n) is 10.6. The number of likely N-dealkylation sites (tertiary alicyclic amines) is 1. The van der Waals surface area contributed by atoms with Gasteiger partial charge in [0.2, 0.25) is 18.2 Å². The maximum Gasteiger partial charge on any atom is 0.249 e. The van der Waals surface area contributed by atoms with Crippen molar-refractivity contribution in [1.29, 1.82) is 0 Å². The topological polar surface area (TPSA) is 69.7 Å². The lowest BCUT2D eigenvalue weighted by molar-refractivity contribution is -0.134. The van der Waals surface area contributed by atoms with Crippen molar-refractivity contribution in [2.45, 2.75) is 103 Å². The van der Waals surface area contributed by atoms with E-state index in [0.29, 0.717) is 12.3 Å². The number of amides is 3. The Morgan fingerprint density at radius 1 is 1.09 bits per heavy atom. The zero-order valence-electron chi connectivity index (χ0n) is 22.2. The molecule has 0 radical (unpaired) electrons. The molecular weight excluding hydrogens is 438 g/mol. The van der Waals surface area contributed by atoms with E-state index in [1.807, 2.05) is 6.07 Å². The summed E-state index contributed by atoms with van der Waals surface area (Å²) in [6.07, 6.45) is 9.83. The molecule has 2 atom stereocenters. The molecule has 2 aliphatic rings. The molecule has 2 aliphatic heterocycles. The number of rotatable bonds is 12. The highest BCUT2D eigenvalue weighted by molar-refractivity contribution is 6.04. The average molecular weight is 484 g/mol. The Morgan fingerprint density at radius 2 is 1.77 bits per heavy atom. The van der Waals surface area contributed by atoms with Crippen LogP contribution in [-0.4, -0.2) is 48.8 Å². The third-order valence-electron chi connectivity index (χ3n) is 8.10. The summed E-state index contributed by atoms with van der Waals surface area (Å²) in [4.78, 5) is 40.5. The van der Waals surface area contributed by atoms with E-state index < -0.39 is 6.04 Å². The van der Waals surface area contributed by atoms with Gasteiger partial charge in [0, 0.05) is 18.7 Å². The van der Waals surface area contributed by atoms with E-state index in [9.17, 15) is 14.4 Å². The van der Waals surface area contributed by atoms with Crippen LogP contribution in [0.2, 0.25) is 0 Å². The maximum atomic E-state index is 12.5. The standard InChI is InChI=1S/C29H45N3O3/c1-5-8-22(9-6-2)19-31-16-14-23(15-17-31)24-10-11-26(25(18-24)21(4)7-3)32(20-33)27-12-13-28(34)30-29(27)35/h10-11,18,20-23,27H,5-9,12-17,19H2,1-4H3,(H,30,34,35). The number of nitrogens with zero attached hydrogens (tertiary/aromatic N) is 2. The Balaban J connectivity index is 1.75. The van der Waals surface area contributed by atoms with Crippen molar-refractivity contribution in [3.63, 3.8) is 0 Å². The summed E-state index contributed by atoms with van der Waals surface area (Å²) in [7, 11) is 0. The van der Waals surface area contributed by atoms with Gasteiger partial charge in [0.1, 0.15) is 6.04 Å². The van der Waals surface area contributed by atoms with E-state index >= 15 is 0 Å². The molecule has 2 saturated heterocycles. The second-order valence-corrected chi connectivity index (χ2v) is 10.6. The first-order valence-electron chi connectivity index (χ1n) is 13.8. The van der Waals surface area contributed by atoms with Crippen LogP contribution in [0, 0.1) is 5.92 Å². The minimum absolute atomic E-state index is 0.257. The smallest absolute Gasteiger partial charge is 0.249 e. The van der Waals surface area contributed by atoms with E-state index in [4.69, 9.17) is 0 Å². The Bertz CT molecular complexity index is 857. The van der Waals surface area contributed by atoms with Gasteiger partial charge in [-0.1, -0.05) is 52.7 Å². The molecule has 0 aromatic heterocycles. The van der Waals surface area contributed by atoms with Gasteiger partial charge in [0.25, 0.3) is 0 Å². The van der Waals surface area contributed by atoms with Crippen LogP contribution in [0.25, 0.3) is 0 Å². The van der Waals surface area contributed by atoms with E-state index in [0.717, 1.165) is 55.9 Å². The predicted octanol–water partition coefficient (Wildman–Crippen LogP) is 5.36. The summed E-state index contributed by atoms with van der Waals surface area (Å²) >= 11 is 0. The van der Waals surface area contributed by atoms with E-state index in [1.54, 1.807) is 0 Å². The van der Waals surface area contributed by atoms with Crippen LogP contribution in [0.3, 0.4) is 0 Å². The molecule has 6 nitrogen and oxygen atoms in total. The normalized spacial score (nSPS) is 20.7. The number of nitrogens with one attached hydrogen (secondary N) is 1. The molecular formula is C29H45N3O3. The molecule has 2 fully saturated rings. The van der Waals surface area contributed by atoms with Gasteiger partial charge in [-0.05, 0) is 86.6 Å². The van der Waals surface area contributed by atoms with Crippen molar-refractivity contribution in [2.75, 3.05) is 24.5 Å². The number of hydrogen-bond donors (Lipinski definition) is 1. The van der Waals surface area contributed by atoms with E-state index in [-0.39, 0.29) is 24.2 Å². The third-order valence-corrected chi connectivity index (χ3v) is 8.10. The van der Waals surface area contributed by atoms with Gasteiger partial charge in [0.15, 0.2) is 0 Å². The predicted molar refractivity (Wildman–Crippen MR) is 142 cm³/mol. The fourth-order valence-corrected chi connectivity index (χ4v) is 5.88. The van der Waals surface area contributed by atoms with Crippen LogP contribution in [0.15, 0.2) is 18.2 Å². The zero-order chi connectivity index (χ0) is 25.4. The number of benzene rings is 1.